The standard InChI is InChI=1S/C11H20N2O3/c1-9(14)4-2-6-12-10(15)8-13-7-3-5-11(13)16/h9,14H,2-8H2,1H3,(H,12,15). The second-order valence-corrected chi connectivity index (χ2v) is 4.26. The third-order valence-electron chi connectivity index (χ3n) is 2.63. The zero-order chi connectivity index (χ0) is 12.0. The molecule has 2 amide bonds. The van der Waals surface area contributed by atoms with Crippen LogP contribution in [0.5, 0.6) is 0 Å². The Balaban J connectivity index is 2.09. The second kappa shape index (κ2) is 6.48. The van der Waals surface area contributed by atoms with Crippen molar-refractivity contribution in [3.8, 4) is 0 Å². The van der Waals surface area contributed by atoms with E-state index in [9.17, 15) is 9.59 Å². The van der Waals surface area contributed by atoms with Gasteiger partial charge in [0, 0.05) is 19.5 Å². The molecule has 0 aliphatic carbocycles. The molecule has 1 atom stereocenters. The van der Waals surface area contributed by atoms with Crippen LogP contribution in [0.3, 0.4) is 0 Å². The molecule has 1 fully saturated rings. The summed E-state index contributed by atoms with van der Waals surface area (Å²) in [5.74, 6) is -0.0417. The summed E-state index contributed by atoms with van der Waals surface area (Å²) in [5, 5.41) is 11.8. The van der Waals surface area contributed by atoms with E-state index in [1.165, 1.54) is 0 Å². The Hall–Kier alpha value is -1.10. The Labute approximate surface area is 95.8 Å². The molecule has 1 rings (SSSR count). The monoisotopic (exact) mass is 228 g/mol. The summed E-state index contributed by atoms with van der Waals surface area (Å²) in [6.07, 6.45) is 2.54. The van der Waals surface area contributed by atoms with E-state index < -0.39 is 0 Å². The SMILES string of the molecule is CC(O)CCCNC(=O)CN1CCCC1=O. The fourth-order valence-corrected chi connectivity index (χ4v) is 1.73. The summed E-state index contributed by atoms with van der Waals surface area (Å²) >= 11 is 0. The number of carbonyl (C=O) groups is 2. The van der Waals surface area contributed by atoms with Crippen LogP contribution < -0.4 is 5.32 Å². The number of rotatable bonds is 6. The highest BCUT2D eigenvalue weighted by atomic mass is 16.3. The molecule has 5 nitrogen and oxygen atoms in total. The van der Waals surface area contributed by atoms with Crippen LogP contribution in [0.15, 0.2) is 0 Å². The topological polar surface area (TPSA) is 69.6 Å². The minimum absolute atomic E-state index is 0.0686. The molecule has 0 aromatic rings. The lowest BCUT2D eigenvalue weighted by molar-refractivity contribution is -0.133. The number of likely N-dealkylation sites (tertiary alicyclic amines) is 1. The van der Waals surface area contributed by atoms with Gasteiger partial charge in [0.05, 0.1) is 12.6 Å². The molecule has 92 valence electrons. The first-order valence-electron chi connectivity index (χ1n) is 5.82. The molecule has 1 heterocycles. The lowest BCUT2D eigenvalue weighted by atomic mass is 10.2. The van der Waals surface area contributed by atoms with E-state index in [0.29, 0.717) is 25.9 Å². The van der Waals surface area contributed by atoms with Crippen LogP contribution in [0.1, 0.15) is 32.6 Å². The molecule has 0 saturated carbocycles. The number of hydrogen-bond acceptors (Lipinski definition) is 3. The van der Waals surface area contributed by atoms with Crippen molar-refractivity contribution >= 4 is 11.8 Å². The largest absolute Gasteiger partial charge is 0.393 e. The molecule has 2 N–H and O–H groups in total. The zero-order valence-corrected chi connectivity index (χ0v) is 9.74. The first-order valence-corrected chi connectivity index (χ1v) is 5.82. The van der Waals surface area contributed by atoms with Crippen LogP contribution in [0, 0.1) is 0 Å². The van der Waals surface area contributed by atoms with Gasteiger partial charge in [0.15, 0.2) is 0 Å². The summed E-state index contributed by atoms with van der Waals surface area (Å²) in [4.78, 5) is 24.3. The predicted octanol–water partition coefficient (Wildman–Crippen LogP) is -0.114. The molecule has 0 aromatic carbocycles. The molecule has 0 spiro atoms. The van der Waals surface area contributed by atoms with E-state index in [-0.39, 0.29) is 24.5 Å². The third-order valence-corrected chi connectivity index (χ3v) is 2.63. The summed E-state index contributed by atoms with van der Waals surface area (Å²) < 4.78 is 0. The van der Waals surface area contributed by atoms with Gasteiger partial charge in [0.1, 0.15) is 0 Å². The van der Waals surface area contributed by atoms with E-state index in [1.54, 1.807) is 11.8 Å². The van der Waals surface area contributed by atoms with Gasteiger partial charge in [0.2, 0.25) is 11.8 Å². The average molecular weight is 228 g/mol. The second-order valence-electron chi connectivity index (χ2n) is 4.26. The Morgan fingerprint density at radius 2 is 2.38 bits per heavy atom. The van der Waals surface area contributed by atoms with Crippen LogP contribution in [0.4, 0.5) is 0 Å². The maximum Gasteiger partial charge on any atom is 0.239 e. The van der Waals surface area contributed by atoms with Crippen molar-refractivity contribution in [2.45, 2.75) is 38.7 Å². The molecule has 0 radical (unpaired) electrons. The van der Waals surface area contributed by atoms with Crippen molar-refractivity contribution in [3.63, 3.8) is 0 Å². The number of nitrogens with zero attached hydrogens (tertiary/aromatic N) is 1. The normalized spacial score (nSPS) is 17.6. The van der Waals surface area contributed by atoms with E-state index in [2.05, 4.69) is 5.32 Å². The van der Waals surface area contributed by atoms with Gasteiger partial charge >= 0.3 is 0 Å². The van der Waals surface area contributed by atoms with Crippen molar-refractivity contribution in [2.24, 2.45) is 0 Å². The van der Waals surface area contributed by atoms with Crippen molar-refractivity contribution in [1.29, 1.82) is 0 Å². The fourth-order valence-electron chi connectivity index (χ4n) is 1.73. The molecule has 1 aliphatic rings. The van der Waals surface area contributed by atoms with Crippen molar-refractivity contribution in [3.05, 3.63) is 0 Å². The van der Waals surface area contributed by atoms with E-state index in [0.717, 1.165) is 12.8 Å². The summed E-state index contributed by atoms with van der Waals surface area (Å²) in [7, 11) is 0. The average Bonchev–Trinajstić information content (AvgIpc) is 2.59. The highest BCUT2D eigenvalue weighted by molar-refractivity contribution is 5.85. The van der Waals surface area contributed by atoms with E-state index in [1.807, 2.05) is 0 Å². The van der Waals surface area contributed by atoms with Crippen LogP contribution in [0.25, 0.3) is 0 Å². The fraction of sp³-hybridized carbons (Fsp3) is 0.818. The Morgan fingerprint density at radius 1 is 1.62 bits per heavy atom. The highest BCUT2D eigenvalue weighted by Gasteiger charge is 2.21. The molecule has 1 unspecified atom stereocenters. The molecule has 1 saturated heterocycles. The maximum atomic E-state index is 11.4. The third kappa shape index (κ3) is 4.61. The summed E-state index contributed by atoms with van der Waals surface area (Å²) in [6.45, 7) is 3.16. The smallest absolute Gasteiger partial charge is 0.239 e. The van der Waals surface area contributed by atoms with Crippen molar-refractivity contribution in [1.82, 2.24) is 10.2 Å². The molecule has 1 aliphatic heterocycles. The number of aliphatic hydroxyl groups is 1. The van der Waals surface area contributed by atoms with Crippen molar-refractivity contribution in [2.75, 3.05) is 19.6 Å². The lowest BCUT2D eigenvalue weighted by Crippen LogP contribution is -2.38. The quantitative estimate of drug-likeness (QED) is 0.623. The van der Waals surface area contributed by atoms with Crippen LogP contribution in [-0.4, -0.2) is 47.6 Å². The summed E-state index contributed by atoms with van der Waals surface area (Å²) in [5.41, 5.74) is 0. The van der Waals surface area contributed by atoms with Gasteiger partial charge in [-0.15, -0.1) is 0 Å². The predicted molar refractivity (Wildman–Crippen MR) is 59.7 cm³/mol. The van der Waals surface area contributed by atoms with Gasteiger partial charge in [-0.25, -0.2) is 0 Å². The molecule has 0 bridgehead atoms. The number of hydrogen-bond donors (Lipinski definition) is 2. The van der Waals surface area contributed by atoms with Gasteiger partial charge in [-0.2, -0.15) is 0 Å². The molecule has 5 heteroatoms. The van der Waals surface area contributed by atoms with Crippen LogP contribution in [-0.2, 0) is 9.59 Å². The number of amides is 2. The van der Waals surface area contributed by atoms with E-state index >= 15 is 0 Å². The Morgan fingerprint density at radius 3 is 2.94 bits per heavy atom. The number of nitrogens with one attached hydrogen (secondary N) is 1. The Kier molecular flexibility index (Phi) is 5.25. The van der Waals surface area contributed by atoms with Gasteiger partial charge in [-0.3, -0.25) is 9.59 Å². The van der Waals surface area contributed by atoms with Crippen LogP contribution >= 0.6 is 0 Å². The lowest BCUT2D eigenvalue weighted by Gasteiger charge is -2.14. The van der Waals surface area contributed by atoms with Gasteiger partial charge < -0.3 is 15.3 Å². The Bertz CT molecular complexity index is 254. The van der Waals surface area contributed by atoms with E-state index in [4.69, 9.17) is 5.11 Å². The molecular formula is C11H20N2O3. The molecule has 0 aromatic heterocycles. The van der Waals surface area contributed by atoms with Crippen molar-refractivity contribution < 1.29 is 14.7 Å². The van der Waals surface area contributed by atoms with Crippen LogP contribution in [0.2, 0.25) is 0 Å². The minimum atomic E-state index is -0.322. The van der Waals surface area contributed by atoms with Gasteiger partial charge in [-0.1, -0.05) is 0 Å². The molecular weight excluding hydrogens is 208 g/mol. The zero-order valence-electron chi connectivity index (χ0n) is 9.74. The first-order chi connectivity index (χ1) is 7.59. The van der Waals surface area contributed by atoms with Gasteiger partial charge in [-0.05, 0) is 26.2 Å². The number of carbonyl (C=O) groups excluding carboxylic acids is 2. The highest BCUT2D eigenvalue weighted by Crippen LogP contribution is 2.08. The van der Waals surface area contributed by atoms with Gasteiger partial charge in [0.25, 0.3) is 0 Å². The molecule has 16 heavy (non-hydrogen) atoms. The maximum absolute atomic E-state index is 11.4. The first kappa shape index (κ1) is 13.0. The number of aliphatic hydroxyl groups excluding tert-OH is 1. The summed E-state index contributed by atoms with van der Waals surface area (Å²) in [6, 6.07) is 0. The minimum Gasteiger partial charge on any atom is -0.393 e.